The molecule has 1 fully saturated rings. The SMILES string of the molecule is Cc1occc1-c1nnc(S[C@H](C)C(=O)N[C@H]2CCCC[C@@H]2C)n1C. The Hall–Kier alpha value is -1.76. The van der Waals surface area contributed by atoms with E-state index in [1.807, 2.05) is 31.5 Å². The molecule has 0 bridgehead atoms. The highest BCUT2D eigenvalue weighted by molar-refractivity contribution is 8.00. The zero-order valence-corrected chi connectivity index (χ0v) is 16.1. The lowest BCUT2D eigenvalue weighted by atomic mass is 9.86. The molecule has 136 valence electrons. The first-order chi connectivity index (χ1) is 12.0. The average Bonchev–Trinajstić information content (AvgIpc) is 3.16. The Labute approximate surface area is 152 Å². The molecule has 1 aliphatic carbocycles. The molecule has 7 heteroatoms. The lowest BCUT2D eigenvalue weighted by Crippen LogP contribution is -2.44. The summed E-state index contributed by atoms with van der Waals surface area (Å²) in [5.74, 6) is 2.19. The van der Waals surface area contributed by atoms with E-state index in [0.29, 0.717) is 12.0 Å². The van der Waals surface area contributed by atoms with E-state index in [0.717, 1.165) is 28.7 Å². The van der Waals surface area contributed by atoms with Gasteiger partial charge in [-0.05, 0) is 38.7 Å². The number of hydrogen-bond acceptors (Lipinski definition) is 5. The number of thioether (sulfide) groups is 1. The van der Waals surface area contributed by atoms with Crippen molar-refractivity contribution in [3.63, 3.8) is 0 Å². The maximum atomic E-state index is 12.6. The maximum Gasteiger partial charge on any atom is 0.233 e. The first kappa shape index (κ1) is 18.0. The van der Waals surface area contributed by atoms with E-state index in [9.17, 15) is 4.79 Å². The third kappa shape index (κ3) is 3.92. The van der Waals surface area contributed by atoms with Crippen LogP contribution in [0.25, 0.3) is 11.4 Å². The number of furan rings is 1. The van der Waals surface area contributed by atoms with Crippen molar-refractivity contribution in [3.05, 3.63) is 18.1 Å². The number of aryl methyl sites for hydroxylation is 1. The molecule has 2 heterocycles. The smallest absolute Gasteiger partial charge is 0.233 e. The second-order valence-corrected chi connectivity index (χ2v) is 8.20. The molecule has 1 amide bonds. The van der Waals surface area contributed by atoms with Crippen LogP contribution in [0.3, 0.4) is 0 Å². The summed E-state index contributed by atoms with van der Waals surface area (Å²) in [5, 5.41) is 12.2. The van der Waals surface area contributed by atoms with E-state index >= 15 is 0 Å². The predicted molar refractivity (Wildman–Crippen MR) is 98.3 cm³/mol. The Morgan fingerprint density at radius 2 is 2.16 bits per heavy atom. The van der Waals surface area contributed by atoms with E-state index in [2.05, 4.69) is 22.4 Å². The molecule has 0 spiro atoms. The number of carbonyl (C=O) groups excluding carboxylic acids is 1. The lowest BCUT2D eigenvalue weighted by Gasteiger charge is -2.30. The second kappa shape index (κ2) is 7.64. The Kier molecular flexibility index (Phi) is 5.51. The molecule has 25 heavy (non-hydrogen) atoms. The van der Waals surface area contributed by atoms with Crippen molar-refractivity contribution in [2.45, 2.75) is 62.9 Å². The van der Waals surface area contributed by atoms with Gasteiger partial charge in [-0.15, -0.1) is 10.2 Å². The Morgan fingerprint density at radius 1 is 1.40 bits per heavy atom. The van der Waals surface area contributed by atoms with Gasteiger partial charge in [0.25, 0.3) is 0 Å². The first-order valence-corrected chi connectivity index (χ1v) is 9.76. The third-order valence-electron chi connectivity index (χ3n) is 5.03. The van der Waals surface area contributed by atoms with Crippen molar-refractivity contribution in [1.82, 2.24) is 20.1 Å². The van der Waals surface area contributed by atoms with Crippen LogP contribution in [0.2, 0.25) is 0 Å². The van der Waals surface area contributed by atoms with Crippen molar-refractivity contribution in [3.8, 4) is 11.4 Å². The van der Waals surface area contributed by atoms with Crippen LogP contribution in [0.15, 0.2) is 21.9 Å². The van der Waals surface area contributed by atoms with E-state index in [-0.39, 0.29) is 11.2 Å². The van der Waals surface area contributed by atoms with E-state index in [4.69, 9.17) is 4.42 Å². The number of aromatic nitrogens is 3. The lowest BCUT2D eigenvalue weighted by molar-refractivity contribution is -0.121. The minimum Gasteiger partial charge on any atom is -0.469 e. The highest BCUT2D eigenvalue weighted by atomic mass is 32.2. The molecule has 2 aromatic rings. The van der Waals surface area contributed by atoms with Crippen LogP contribution < -0.4 is 5.32 Å². The van der Waals surface area contributed by atoms with Crippen LogP contribution in [0.4, 0.5) is 0 Å². The van der Waals surface area contributed by atoms with Crippen LogP contribution in [-0.2, 0) is 11.8 Å². The van der Waals surface area contributed by atoms with Crippen LogP contribution in [0.5, 0.6) is 0 Å². The standard InChI is InChI=1S/C18H26N4O2S/c1-11-7-5-6-8-15(11)19-17(23)13(3)25-18-21-20-16(22(18)4)14-9-10-24-12(14)2/h9-11,13,15H,5-8H2,1-4H3,(H,19,23)/t11-,13+,15-/m0/s1. The Morgan fingerprint density at radius 3 is 2.84 bits per heavy atom. The van der Waals surface area contributed by atoms with Gasteiger partial charge in [-0.25, -0.2) is 0 Å². The summed E-state index contributed by atoms with van der Waals surface area (Å²) in [4.78, 5) is 12.6. The van der Waals surface area contributed by atoms with Gasteiger partial charge >= 0.3 is 0 Å². The van der Waals surface area contributed by atoms with Gasteiger partial charge in [-0.2, -0.15) is 0 Å². The summed E-state index contributed by atoms with van der Waals surface area (Å²) in [7, 11) is 1.91. The molecule has 0 unspecified atom stereocenters. The summed E-state index contributed by atoms with van der Waals surface area (Å²) in [6.45, 7) is 6.05. The van der Waals surface area contributed by atoms with E-state index in [1.165, 1.54) is 31.0 Å². The zero-order valence-electron chi connectivity index (χ0n) is 15.3. The van der Waals surface area contributed by atoms with Crippen molar-refractivity contribution in [1.29, 1.82) is 0 Å². The van der Waals surface area contributed by atoms with E-state index in [1.54, 1.807) is 6.26 Å². The molecule has 3 atom stereocenters. The molecule has 1 saturated carbocycles. The fourth-order valence-corrected chi connectivity index (χ4v) is 4.14. The number of nitrogens with one attached hydrogen (secondary N) is 1. The van der Waals surface area contributed by atoms with Crippen LogP contribution in [0.1, 0.15) is 45.3 Å². The largest absolute Gasteiger partial charge is 0.469 e. The minimum atomic E-state index is -0.213. The van der Waals surface area contributed by atoms with E-state index < -0.39 is 0 Å². The molecule has 3 rings (SSSR count). The Bertz CT molecular complexity index is 739. The molecule has 2 aromatic heterocycles. The number of amides is 1. The molecule has 1 N–H and O–H groups in total. The van der Waals surface area contributed by atoms with Gasteiger partial charge in [-0.1, -0.05) is 31.5 Å². The first-order valence-electron chi connectivity index (χ1n) is 8.88. The van der Waals surface area contributed by atoms with Crippen LogP contribution in [0, 0.1) is 12.8 Å². The Balaban J connectivity index is 1.65. The van der Waals surface area contributed by atoms with Crippen molar-refractivity contribution in [2.75, 3.05) is 0 Å². The number of hydrogen-bond donors (Lipinski definition) is 1. The molecule has 0 radical (unpaired) electrons. The molecular formula is C18H26N4O2S. The summed E-state index contributed by atoms with van der Waals surface area (Å²) >= 11 is 1.44. The van der Waals surface area contributed by atoms with Gasteiger partial charge in [0, 0.05) is 13.1 Å². The highest BCUT2D eigenvalue weighted by Gasteiger charge is 2.26. The maximum absolute atomic E-state index is 12.6. The average molecular weight is 362 g/mol. The molecular weight excluding hydrogens is 336 g/mol. The van der Waals surface area contributed by atoms with Crippen LogP contribution in [-0.4, -0.2) is 32.0 Å². The fraction of sp³-hybridized carbons (Fsp3) is 0.611. The predicted octanol–water partition coefficient (Wildman–Crippen LogP) is 3.56. The molecule has 1 aliphatic rings. The van der Waals surface area contributed by atoms with Gasteiger partial charge in [0.05, 0.1) is 17.1 Å². The van der Waals surface area contributed by atoms with Crippen LogP contribution >= 0.6 is 11.8 Å². The topological polar surface area (TPSA) is 72.9 Å². The van der Waals surface area contributed by atoms with Gasteiger partial charge in [0.15, 0.2) is 11.0 Å². The summed E-state index contributed by atoms with van der Waals surface area (Å²) in [5.41, 5.74) is 0.926. The molecule has 6 nitrogen and oxygen atoms in total. The summed E-state index contributed by atoms with van der Waals surface area (Å²) in [6.07, 6.45) is 6.40. The van der Waals surface area contributed by atoms with Crippen molar-refractivity contribution in [2.24, 2.45) is 13.0 Å². The number of carbonyl (C=O) groups is 1. The third-order valence-corrected chi connectivity index (χ3v) is 6.16. The zero-order chi connectivity index (χ0) is 18.0. The molecule has 0 saturated heterocycles. The monoisotopic (exact) mass is 362 g/mol. The second-order valence-electron chi connectivity index (χ2n) is 6.89. The van der Waals surface area contributed by atoms with Gasteiger partial charge in [0.2, 0.25) is 5.91 Å². The van der Waals surface area contributed by atoms with Crippen molar-refractivity contribution >= 4 is 17.7 Å². The van der Waals surface area contributed by atoms with Gasteiger partial charge in [-0.3, -0.25) is 4.79 Å². The van der Waals surface area contributed by atoms with Gasteiger partial charge < -0.3 is 14.3 Å². The summed E-state index contributed by atoms with van der Waals surface area (Å²) in [6, 6.07) is 2.18. The summed E-state index contributed by atoms with van der Waals surface area (Å²) < 4.78 is 7.26. The fourth-order valence-electron chi connectivity index (χ4n) is 3.31. The molecule has 0 aromatic carbocycles. The highest BCUT2D eigenvalue weighted by Crippen LogP contribution is 2.29. The van der Waals surface area contributed by atoms with Crippen molar-refractivity contribution < 1.29 is 9.21 Å². The number of nitrogens with zero attached hydrogens (tertiary/aromatic N) is 3. The number of rotatable bonds is 5. The molecule has 0 aliphatic heterocycles. The normalized spacial score (nSPS) is 21.9. The quantitative estimate of drug-likeness (QED) is 0.823. The minimum absolute atomic E-state index is 0.0767. The van der Waals surface area contributed by atoms with Gasteiger partial charge in [0.1, 0.15) is 5.76 Å².